The minimum atomic E-state index is 0.0452. The second-order valence-electron chi connectivity index (χ2n) is 4.43. The van der Waals surface area contributed by atoms with Crippen molar-refractivity contribution in [3.63, 3.8) is 0 Å². The fourth-order valence-corrected chi connectivity index (χ4v) is 1.83. The summed E-state index contributed by atoms with van der Waals surface area (Å²) < 4.78 is 11.1. The van der Waals surface area contributed by atoms with Crippen molar-refractivity contribution in [3.8, 4) is 0 Å². The van der Waals surface area contributed by atoms with Gasteiger partial charge in [0.2, 0.25) is 0 Å². The molecule has 0 radical (unpaired) electrons. The highest BCUT2D eigenvalue weighted by Crippen LogP contribution is 2.15. The summed E-state index contributed by atoms with van der Waals surface area (Å²) in [5, 5.41) is 8.69. The van der Waals surface area contributed by atoms with Crippen LogP contribution in [0.2, 0.25) is 0 Å². The van der Waals surface area contributed by atoms with Crippen molar-refractivity contribution in [2.24, 2.45) is 5.92 Å². The summed E-state index contributed by atoms with van der Waals surface area (Å²) in [6.07, 6.45) is 6.55. The molecular formula is C12H24O3. The minimum absolute atomic E-state index is 0.0452. The fraction of sp³-hybridized carbons (Fsp3) is 1.00. The normalized spacial score (nSPS) is 24.0. The van der Waals surface area contributed by atoms with E-state index in [1.165, 1.54) is 12.8 Å². The summed E-state index contributed by atoms with van der Waals surface area (Å²) in [6.45, 7) is 4.15. The van der Waals surface area contributed by atoms with Crippen LogP contribution in [0.3, 0.4) is 0 Å². The Balaban J connectivity index is 1.94. The van der Waals surface area contributed by atoms with E-state index < -0.39 is 0 Å². The lowest BCUT2D eigenvalue weighted by Gasteiger charge is -2.23. The molecule has 1 rings (SSSR count). The monoisotopic (exact) mass is 216 g/mol. The predicted octanol–water partition coefficient (Wildman–Crippen LogP) is 2.33. The minimum Gasteiger partial charge on any atom is -0.396 e. The summed E-state index contributed by atoms with van der Waals surface area (Å²) in [6, 6.07) is 0. The van der Waals surface area contributed by atoms with Gasteiger partial charge in [0.15, 0.2) is 6.29 Å². The number of aliphatic hydroxyl groups is 1. The first kappa shape index (κ1) is 12.9. The van der Waals surface area contributed by atoms with E-state index in [2.05, 4.69) is 6.92 Å². The van der Waals surface area contributed by atoms with Gasteiger partial charge in [0.25, 0.3) is 0 Å². The van der Waals surface area contributed by atoms with Gasteiger partial charge in [0.05, 0.1) is 0 Å². The molecule has 1 aliphatic rings. The second-order valence-corrected chi connectivity index (χ2v) is 4.43. The third-order valence-electron chi connectivity index (χ3n) is 2.91. The Bertz CT molecular complexity index is 144. The highest BCUT2D eigenvalue weighted by atomic mass is 16.7. The van der Waals surface area contributed by atoms with Crippen LogP contribution in [-0.2, 0) is 9.47 Å². The van der Waals surface area contributed by atoms with Gasteiger partial charge in [0.1, 0.15) is 0 Å². The molecule has 15 heavy (non-hydrogen) atoms. The maximum atomic E-state index is 8.69. The Hall–Kier alpha value is -0.120. The Kier molecular flexibility index (Phi) is 6.98. The van der Waals surface area contributed by atoms with Crippen LogP contribution < -0.4 is 0 Å². The molecule has 0 bridgehead atoms. The summed E-state index contributed by atoms with van der Waals surface area (Å²) in [5.41, 5.74) is 0. The Labute approximate surface area is 92.8 Å². The van der Waals surface area contributed by atoms with Gasteiger partial charge in [-0.05, 0) is 44.4 Å². The van der Waals surface area contributed by atoms with Gasteiger partial charge in [-0.3, -0.25) is 0 Å². The van der Waals surface area contributed by atoms with Gasteiger partial charge < -0.3 is 14.6 Å². The van der Waals surface area contributed by atoms with Crippen LogP contribution in [0.5, 0.6) is 0 Å². The van der Waals surface area contributed by atoms with Crippen LogP contribution in [0.15, 0.2) is 0 Å². The molecule has 1 fully saturated rings. The average Bonchev–Trinajstić information content (AvgIpc) is 2.28. The first-order valence-corrected chi connectivity index (χ1v) is 6.17. The highest BCUT2D eigenvalue weighted by Gasteiger charge is 2.14. The Morgan fingerprint density at radius 3 is 2.93 bits per heavy atom. The standard InChI is InChI=1S/C12H24O3/c1-11(5-4-8-13)7-10-15-12-6-2-3-9-14-12/h11-13H,2-10H2,1H3/t11-,12?/m0/s1. The number of rotatable bonds is 7. The van der Waals surface area contributed by atoms with Gasteiger partial charge in [-0.1, -0.05) is 6.92 Å². The van der Waals surface area contributed by atoms with E-state index in [1.54, 1.807) is 0 Å². The zero-order valence-electron chi connectivity index (χ0n) is 9.78. The fourth-order valence-electron chi connectivity index (χ4n) is 1.83. The predicted molar refractivity (Wildman–Crippen MR) is 59.6 cm³/mol. The Morgan fingerprint density at radius 1 is 1.40 bits per heavy atom. The van der Waals surface area contributed by atoms with Crippen molar-refractivity contribution < 1.29 is 14.6 Å². The number of ether oxygens (including phenoxy) is 2. The molecule has 0 aromatic carbocycles. The molecule has 1 heterocycles. The van der Waals surface area contributed by atoms with Crippen molar-refractivity contribution >= 4 is 0 Å². The molecule has 2 atom stereocenters. The smallest absolute Gasteiger partial charge is 0.157 e. The lowest BCUT2D eigenvalue weighted by atomic mass is 10.0. The summed E-state index contributed by atoms with van der Waals surface area (Å²) in [4.78, 5) is 0. The molecule has 0 amide bonds. The van der Waals surface area contributed by atoms with Crippen LogP contribution >= 0.6 is 0 Å². The van der Waals surface area contributed by atoms with Crippen molar-refractivity contribution in [3.05, 3.63) is 0 Å². The number of hydrogen-bond donors (Lipinski definition) is 1. The molecule has 0 aromatic rings. The van der Waals surface area contributed by atoms with E-state index in [0.717, 1.165) is 38.9 Å². The molecule has 3 nitrogen and oxygen atoms in total. The van der Waals surface area contributed by atoms with E-state index in [0.29, 0.717) is 12.5 Å². The molecule has 0 aliphatic carbocycles. The molecule has 1 unspecified atom stereocenters. The highest BCUT2D eigenvalue weighted by molar-refractivity contribution is 4.56. The van der Waals surface area contributed by atoms with E-state index in [-0.39, 0.29) is 6.29 Å². The van der Waals surface area contributed by atoms with Gasteiger partial charge in [-0.2, -0.15) is 0 Å². The lowest BCUT2D eigenvalue weighted by molar-refractivity contribution is -0.164. The van der Waals surface area contributed by atoms with E-state index >= 15 is 0 Å². The van der Waals surface area contributed by atoms with Gasteiger partial charge in [-0.25, -0.2) is 0 Å². The largest absolute Gasteiger partial charge is 0.396 e. The van der Waals surface area contributed by atoms with Crippen molar-refractivity contribution in [2.45, 2.75) is 51.7 Å². The molecular weight excluding hydrogens is 192 g/mol. The lowest BCUT2D eigenvalue weighted by Crippen LogP contribution is -2.23. The quantitative estimate of drug-likeness (QED) is 0.710. The van der Waals surface area contributed by atoms with Gasteiger partial charge in [0, 0.05) is 19.8 Å². The first-order chi connectivity index (χ1) is 7.33. The molecule has 0 spiro atoms. The van der Waals surface area contributed by atoms with Crippen LogP contribution in [0.25, 0.3) is 0 Å². The molecule has 3 heteroatoms. The molecule has 0 saturated carbocycles. The van der Waals surface area contributed by atoms with E-state index in [1.807, 2.05) is 0 Å². The number of hydrogen-bond acceptors (Lipinski definition) is 3. The van der Waals surface area contributed by atoms with Crippen LogP contribution in [0, 0.1) is 5.92 Å². The zero-order valence-corrected chi connectivity index (χ0v) is 9.78. The van der Waals surface area contributed by atoms with Crippen LogP contribution in [0.4, 0.5) is 0 Å². The van der Waals surface area contributed by atoms with Gasteiger partial charge >= 0.3 is 0 Å². The third-order valence-corrected chi connectivity index (χ3v) is 2.91. The van der Waals surface area contributed by atoms with Gasteiger partial charge in [-0.15, -0.1) is 0 Å². The first-order valence-electron chi connectivity index (χ1n) is 6.17. The second kappa shape index (κ2) is 8.08. The van der Waals surface area contributed by atoms with Crippen molar-refractivity contribution in [2.75, 3.05) is 19.8 Å². The van der Waals surface area contributed by atoms with E-state index in [9.17, 15) is 0 Å². The molecule has 1 saturated heterocycles. The maximum Gasteiger partial charge on any atom is 0.157 e. The average molecular weight is 216 g/mol. The summed E-state index contributed by atoms with van der Waals surface area (Å²) in [5.74, 6) is 0.640. The molecule has 1 aliphatic heterocycles. The van der Waals surface area contributed by atoms with Crippen LogP contribution in [0.1, 0.15) is 45.4 Å². The Morgan fingerprint density at radius 2 is 2.27 bits per heavy atom. The number of aliphatic hydroxyl groups excluding tert-OH is 1. The van der Waals surface area contributed by atoms with Crippen LogP contribution in [-0.4, -0.2) is 31.2 Å². The summed E-state index contributed by atoms with van der Waals surface area (Å²) >= 11 is 0. The zero-order chi connectivity index (χ0) is 10.9. The topological polar surface area (TPSA) is 38.7 Å². The molecule has 90 valence electrons. The SMILES string of the molecule is C[C@@H](CCCO)CCOC1CCCCO1. The van der Waals surface area contributed by atoms with Crippen molar-refractivity contribution in [1.82, 2.24) is 0 Å². The third kappa shape index (κ3) is 6.13. The molecule has 1 N–H and O–H groups in total. The maximum absolute atomic E-state index is 8.69. The summed E-state index contributed by atoms with van der Waals surface area (Å²) in [7, 11) is 0. The molecule has 0 aromatic heterocycles. The van der Waals surface area contributed by atoms with Crippen molar-refractivity contribution in [1.29, 1.82) is 0 Å². The van der Waals surface area contributed by atoms with E-state index in [4.69, 9.17) is 14.6 Å².